The van der Waals surface area contributed by atoms with Gasteiger partial charge in [0.05, 0.1) is 11.5 Å². The Hall–Kier alpha value is -1.66. The molecule has 6 heteroatoms. The number of hydrogen-bond acceptors (Lipinski definition) is 5. The van der Waals surface area contributed by atoms with Crippen molar-refractivity contribution in [3.8, 4) is 0 Å². The van der Waals surface area contributed by atoms with Gasteiger partial charge >= 0.3 is 0 Å². The third-order valence-corrected chi connectivity index (χ3v) is 2.57. The summed E-state index contributed by atoms with van der Waals surface area (Å²) in [5, 5.41) is 10.7. The number of hydrazine groups is 1. The van der Waals surface area contributed by atoms with Crippen LogP contribution in [-0.2, 0) is 11.3 Å². The number of hydrogen-bond donors (Lipinski definition) is 2. The average molecular weight is 253 g/mol. The number of nitrogens with one attached hydrogen (secondary N) is 1. The molecule has 1 aromatic carbocycles. The Morgan fingerprint density at radius 2 is 2.22 bits per heavy atom. The van der Waals surface area contributed by atoms with Crippen molar-refractivity contribution < 1.29 is 9.66 Å². The van der Waals surface area contributed by atoms with Gasteiger partial charge in [-0.15, -0.1) is 0 Å². The average Bonchev–Trinajstić information content (AvgIpc) is 2.38. The number of nitro benzene ring substituents is 1. The van der Waals surface area contributed by atoms with Crippen molar-refractivity contribution >= 4 is 11.4 Å². The van der Waals surface area contributed by atoms with Gasteiger partial charge < -0.3 is 10.2 Å². The smallest absolute Gasteiger partial charge is 0.293 e. The normalized spacial score (nSPS) is 10.3. The van der Waals surface area contributed by atoms with Crippen LogP contribution in [-0.4, -0.2) is 11.5 Å². The van der Waals surface area contributed by atoms with Gasteiger partial charge in [-0.25, -0.2) is 0 Å². The third kappa shape index (κ3) is 4.31. The first kappa shape index (κ1) is 14.4. The minimum absolute atomic E-state index is 0.0350. The Labute approximate surface area is 106 Å². The molecule has 1 rings (SSSR count). The highest BCUT2D eigenvalue weighted by Gasteiger charge is 2.12. The Morgan fingerprint density at radius 1 is 1.44 bits per heavy atom. The molecule has 0 spiro atoms. The summed E-state index contributed by atoms with van der Waals surface area (Å²) in [6.45, 7) is 3.28. The van der Waals surface area contributed by atoms with Gasteiger partial charge in [0.25, 0.3) is 5.69 Å². The molecule has 0 atom stereocenters. The number of ether oxygens (including phenoxy) is 1. The quantitative estimate of drug-likeness (QED) is 0.321. The molecule has 0 aliphatic heterocycles. The van der Waals surface area contributed by atoms with Crippen LogP contribution in [0.4, 0.5) is 11.4 Å². The molecule has 0 bridgehead atoms. The second kappa shape index (κ2) is 7.62. The molecule has 0 radical (unpaired) electrons. The lowest BCUT2D eigenvalue weighted by Crippen LogP contribution is -2.09. The molecule has 0 aromatic heterocycles. The van der Waals surface area contributed by atoms with E-state index in [0.717, 1.165) is 24.8 Å². The van der Waals surface area contributed by atoms with E-state index < -0.39 is 4.92 Å². The molecular weight excluding hydrogens is 234 g/mol. The van der Waals surface area contributed by atoms with E-state index in [0.29, 0.717) is 18.9 Å². The fourth-order valence-electron chi connectivity index (χ4n) is 1.59. The zero-order valence-electron chi connectivity index (χ0n) is 10.5. The van der Waals surface area contributed by atoms with Crippen LogP contribution in [0.3, 0.4) is 0 Å². The lowest BCUT2D eigenvalue weighted by molar-refractivity contribution is -0.384. The fourth-order valence-corrected chi connectivity index (χ4v) is 1.59. The largest absolute Gasteiger partial charge is 0.377 e. The van der Waals surface area contributed by atoms with Crippen LogP contribution >= 0.6 is 0 Å². The number of nitrogens with two attached hydrogens (primary N) is 1. The van der Waals surface area contributed by atoms with Crippen molar-refractivity contribution in [2.24, 2.45) is 5.84 Å². The highest BCUT2D eigenvalue weighted by molar-refractivity contribution is 5.61. The van der Waals surface area contributed by atoms with Gasteiger partial charge in [0.2, 0.25) is 0 Å². The van der Waals surface area contributed by atoms with Gasteiger partial charge in [-0.3, -0.25) is 16.0 Å². The molecule has 0 aliphatic rings. The standard InChI is InChI=1S/C12H19N3O3/c1-2-3-4-7-18-9-10-5-6-12(15(16)17)11(8-10)14-13/h5-6,8,14H,2-4,7,9,13H2,1H3. The van der Waals surface area contributed by atoms with Crippen LogP contribution in [0.25, 0.3) is 0 Å². The molecular formula is C12H19N3O3. The van der Waals surface area contributed by atoms with Gasteiger partial charge in [0, 0.05) is 12.7 Å². The van der Waals surface area contributed by atoms with Gasteiger partial charge in [0.1, 0.15) is 5.69 Å². The predicted molar refractivity (Wildman–Crippen MR) is 70.1 cm³/mol. The Bertz CT molecular complexity index is 396. The summed E-state index contributed by atoms with van der Waals surface area (Å²) in [6.07, 6.45) is 3.34. The molecule has 0 fully saturated rings. The number of unbranched alkanes of at least 4 members (excludes halogenated alkanes) is 2. The van der Waals surface area contributed by atoms with E-state index in [2.05, 4.69) is 12.3 Å². The molecule has 0 heterocycles. The third-order valence-electron chi connectivity index (χ3n) is 2.57. The fraction of sp³-hybridized carbons (Fsp3) is 0.500. The maximum absolute atomic E-state index is 10.7. The van der Waals surface area contributed by atoms with Gasteiger partial charge in [-0.05, 0) is 24.1 Å². The van der Waals surface area contributed by atoms with E-state index >= 15 is 0 Å². The van der Waals surface area contributed by atoms with E-state index in [4.69, 9.17) is 10.6 Å². The highest BCUT2D eigenvalue weighted by atomic mass is 16.6. The number of benzene rings is 1. The van der Waals surface area contributed by atoms with Crippen LogP contribution in [0.1, 0.15) is 31.7 Å². The number of anilines is 1. The minimum Gasteiger partial charge on any atom is -0.377 e. The topological polar surface area (TPSA) is 90.4 Å². The zero-order valence-corrected chi connectivity index (χ0v) is 10.5. The monoisotopic (exact) mass is 253 g/mol. The van der Waals surface area contributed by atoms with E-state index in [1.165, 1.54) is 6.07 Å². The first-order valence-corrected chi connectivity index (χ1v) is 6.00. The van der Waals surface area contributed by atoms with E-state index in [1.54, 1.807) is 12.1 Å². The predicted octanol–water partition coefficient (Wildman–Crippen LogP) is 2.59. The molecule has 1 aromatic rings. The summed E-state index contributed by atoms with van der Waals surface area (Å²) >= 11 is 0. The van der Waals surface area contributed by atoms with Crippen LogP contribution in [0.2, 0.25) is 0 Å². The van der Waals surface area contributed by atoms with Crippen LogP contribution in [0.5, 0.6) is 0 Å². The number of nitro groups is 1. The van der Waals surface area contributed by atoms with E-state index in [1.807, 2.05) is 0 Å². The maximum atomic E-state index is 10.7. The lowest BCUT2D eigenvalue weighted by atomic mass is 10.2. The van der Waals surface area contributed by atoms with Gasteiger partial charge in [-0.1, -0.05) is 19.8 Å². The molecule has 0 unspecified atom stereocenters. The number of rotatable bonds is 8. The summed E-state index contributed by atoms with van der Waals surface area (Å²) in [5.41, 5.74) is 3.46. The summed E-state index contributed by atoms with van der Waals surface area (Å²) in [4.78, 5) is 10.2. The van der Waals surface area contributed by atoms with Crippen molar-refractivity contribution in [1.82, 2.24) is 0 Å². The highest BCUT2D eigenvalue weighted by Crippen LogP contribution is 2.24. The zero-order chi connectivity index (χ0) is 13.4. The van der Waals surface area contributed by atoms with E-state index in [-0.39, 0.29) is 5.69 Å². The minimum atomic E-state index is -0.471. The molecule has 0 saturated carbocycles. The molecule has 18 heavy (non-hydrogen) atoms. The van der Waals surface area contributed by atoms with Crippen LogP contribution in [0.15, 0.2) is 18.2 Å². The lowest BCUT2D eigenvalue weighted by Gasteiger charge is -2.07. The summed E-state index contributed by atoms with van der Waals surface area (Å²) in [5.74, 6) is 5.26. The summed E-state index contributed by atoms with van der Waals surface area (Å²) in [7, 11) is 0. The second-order valence-corrected chi connectivity index (χ2v) is 4.01. The van der Waals surface area contributed by atoms with Gasteiger partial charge in [0.15, 0.2) is 0 Å². The summed E-state index contributed by atoms with van der Waals surface area (Å²) in [6, 6.07) is 4.75. The van der Waals surface area contributed by atoms with Gasteiger partial charge in [-0.2, -0.15) is 0 Å². The molecule has 100 valence electrons. The van der Waals surface area contributed by atoms with Crippen molar-refractivity contribution in [1.29, 1.82) is 0 Å². The SMILES string of the molecule is CCCCCOCc1ccc([N+](=O)[O-])c(NN)c1. The van der Waals surface area contributed by atoms with Crippen molar-refractivity contribution in [3.63, 3.8) is 0 Å². The molecule has 3 N–H and O–H groups in total. The molecule has 0 amide bonds. The van der Waals surface area contributed by atoms with Crippen molar-refractivity contribution in [3.05, 3.63) is 33.9 Å². The first-order valence-electron chi connectivity index (χ1n) is 6.00. The van der Waals surface area contributed by atoms with Crippen LogP contribution < -0.4 is 11.3 Å². The number of nitrogen functional groups attached to an aromatic ring is 1. The Morgan fingerprint density at radius 3 is 2.83 bits per heavy atom. The van der Waals surface area contributed by atoms with Crippen molar-refractivity contribution in [2.45, 2.75) is 32.8 Å². The Kier molecular flexibility index (Phi) is 6.10. The molecule has 0 saturated heterocycles. The van der Waals surface area contributed by atoms with E-state index in [9.17, 15) is 10.1 Å². The maximum Gasteiger partial charge on any atom is 0.293 e. The molecule has 0 aliphatic carbocycles. The summed E-state index contributed by atoms with van der Waals surface area (Å²) < 4.78 is 5.48. The van der Waals surface area contributed by atoms with Crippen molar-refractivity contribution in [2.75, 3.05) is 12.0 Å². The van der Waals surface area contributed by atoms with Crippen LogP contribution in [0, 0.1) is 10.1 Å². The molecule has 6 nitrogen and oxygen atoms in total. The first-order chi connectivity index (χ1) is 8.69. The Balaban J connectivity index is 2.54. The number of nitrogens with zero attached hydrogens (tertiary/aromatic N) is 1. The second-order valence-electron chi connectivity index (χ2n) is 4.01.